The Kier molecular flexibility index (Phi) is 3.77. The van der Waals surface area contributed by atoms with Gasteiger partial charge in [-0.2, -0.15) is 0 Å². The molecule has 132 valence electrons. The molecule has 0 fully saturated rings. The number of hydrogen-bond acceptors (Lipinski definition) is 9. The first kappa shape index (κ1) is 16.0. The monoisotopic (exact) mass is 357 g/mol. The zero-order valence-corrected chi connectivity index (χ0v) is 13.0. The fraction of sp³-hybridized carbons (Fsp3) is 0.176. The minimum absolute atomic E-state index is 0.104. The molecule has 1 N–H and O–H groups in total. The van der Waals surface area contributed by atoms with Crippen LogP contribution in [0.5, 0.6) is 5.75 Å². The minimum Gasteiger partial charge on any atom is -0.449 e. The molecule has 0 amide bonds. The van der Waals surface area contributed by atoms with Crippen molar-refractivity contribution in [3.8, 4) is 5.75 Å². The summed E-state index contributed by atoms with van der Waals surface area (Å²) < 4.78 is 21.1. The van der Waals surface area contributed by atoms with Crippen LogP contribution in [-0.2, 0) is 33.4 Å². The van der Waals surface area contributed by atoms with Gasteiger partial charge in [0.15, 0.2) is 18.6 Å². The summed E-state index contributed by atoms with van der Waals surface area (Å²) in [6.07, 6.45) is 0.406. The fourth-order valence-electron chi connectivity index (χ4n) is 2.87. The summed E-state index contributed by atoms with van der Waals surface area (Å²) in [6, 6.07) is 4.70. The molecule has 3 unspecified atom stereocenters. The number of benzene rings is 1. The van der Waals surface area contributed by atoms with E-state index in [1.807, 2.05) is 0 Å². The van der Waals surface area contributed by atoms with Gasteiger partial charge in [0.2, 0.25) is 0 Å². The maximum Gasteiger partial charge on any atom is 0.336 e. The third-order valence-corrected chi connectivity index (χ3v) is 3.90. The molecule has 1 aromatic rings. The van der Waals surface area contributed by atoms with E-state index >= 15 is 0 Å². The summed E-state index contributed by atoms with van der Waals surface area (Å²) >= 11 is 0. The maximum atomic E-state index is 12.0. The van der Waals surface area contributed by atoms with E-state index in [9.17, 15) is 19.2 Å². The summed E-state index contributed by atoms with van der Waals surface area (Å²) in [5, 5.41) is 2.81. The van der Waals surface area contributed by atoms with Gasteiger partial charge < -0.3 is 18.9 Å². The van der Waals surface area contributed by atoms with Crippen molar-refractivity contribution in [2.45, 2.75) is 18.6 Å². The van der Waals surface area contributed by atoms with E-state index in [-0.39, 0.29) is 11.3 Å². The molecule has 3 atom stereocenters. The Bertz CT molecular complexity index is 887. The Morgan fingerprint density at radius 2 is 1.42 bits per heavy atom. The van der Waals surface area contributed by atoms with Crippen molar-refractivity contribution < 1.29 is 38.1 Å². The molecule has 0 radical (unpaired) electrons. The van der Waals surface area contributed by atoms with Gasteiger partial charge in [-0.15, -0.1) is 0 Å². The smallest absolute Gasteiger partial charge is 0.336 e. The molecule has 9 nitrogen and oxygen atoms in total. The Morgan fingerprint density at radius 3 is 2.19 bits per heavy atom. The standard InChI is InChI=1S/C17H11NO8/c19-10-4-5-11(20)24-15-14-8(2-1-3-9(14)23-10)16-18-17(15)26-13(22)7-6-12(21)25-16/h1-7,15-18H/b5-4-,7-6-. The summed E-state index contributed by atoms with van der Waals surface area (Å²) in [7, 11) is 0. The predicted molar refractivity (Wildman–Crippen MR) is 81.0 cm³/mol. The average molecular weight is 357 g/mol. The van der Waals surface area contributed by atoms with Crippen LogP contribution in [0, 0.1) is 0 Å². The summed E-state index contributed by atoms with van der Waals surface area (Å²) in [4.78, 5) is 47.5. The third-order valence-electron chi connectivity index (χ3n) is 3.90. The van der Waals surface area contributed by atoms with E-state index in [4.69, 9.17) is 18.9 Å². The first-order chi connectivity index (χ1) is 12.5. The molecule has 26 heavy (non-hydrogen) atoms. The lowest BCUT2D eigenvalue weighted by molar-refractivity contribution is -0.174. The summed E-state index contributed by atoms with van der Waals surface area (Å²) in [5.74, 6) is -3.09. The van der Waals surface area contributed by atoms with Crippen molar-refractivity contribution in [3.05, 3.63) is 53.6 Å². The van der Waals surface area contributed by atoms with Crippen molar-refractivity contribution in [3.63, 3.8) is 0 Å². The number of carbonyl (C=O) groups is 4. The lowest BCUT2D eigenvalue weighted by Gasteiger charge is -2.37. The van der Waals surface area contributed by atoms with Gasteiger partial charge in [-0.1, -0.05) is 12.1 Å². The van der Waals surface area contributed by atoms with Crippen LogP contribution >= 0.6 is 0 Å². The Hall–Kier alpha value is -3.46. The number of nitrogens with one attached hydrogen (secondary N) is 1. The van der Waals surface area contributed by atoms with Crippen molar-refractivity contribution in [2.75, 3.05) is 0 Å². The lowest BCUT2D eigenvalue weighted by atomic mass is 9.94. The van der Waals surface area contributed by atoms with Crippen molar-refractivity contribution in [2.24, 2.45) is 0 Å². The van der Waals surface area contributed by atoms with Gasteiger partial charge in [-0.3, -0.25) is 0 Å². The molecule has 0 saturated carbocycles. The first-order valence-electron chi connectivity index (χ1n) is 7.60. The van der Waals surface area contributed by atoms with Gasteiger partial charge in [0.25, 0.3) is 0 Å². The molecule has 9 heteroatoms. The molecule has 3 aliphatic heterocycles. The van der Waals surface area contributed by atoms with Crippen LogP contribution in [-0.4, -0.2) is 30.1 Å². The van der Waals surface area contributed by atoms with Crippen LogP contribution in [0.3, 0.4) is 0 Å². The van der Waals surface area contributed by atoms with E-state index < -0.39 is 42.4 Å². The average Bonchev–Trinajstić information content (AvgIpc) is 2.70. The summed E-state index contributed by atoms with van der Waals surface area (Å²) in [6.45, 7) is 0. The van der Waals surface area contributed by atoms with E-state index in [0.717, 1.165) is 24.3 Å². The number of ether oxygens (including phenoxy) is 4. The van der Waals surface area contributed by atoms with E-state index in [1.165, 1.54) is 6.07 Å². The van der Waals surface area contributed by atoms with Crippen molar-refractivity contribution in [1.82, 2.24) is 5.32 Å². The fourth-order valence-corrected chi connectivity index (χ4v) is 2.87. The molecule has 3 aliphatic rings. The quantitative estimate of drug-likeness (QED) is 0.398. The van der Waals surface area contributed by atoms with Crippen LogP contribution < -0.4 is 10.1 Å². The lowest BCUT2D eigenvalue weighted by Crippen LogP contribution is -2.47. The molecule has 4 rings (SSSR count). The summed E-state index contributed by atoms with van der Waals surface area (Å²) in [5.41, 5.74) is 0.681. The topological polar surface area (TPSA) is 117 Å². The Morgan fingerprint density at radius 1 is 0.769 bits per heavy atom. The molecular formula is C17H11NO8. The van der Waals surface area contributed by atoms with Crippen molar-refractivity contribution in [1.29, 1.82) is 0 Å². The molecule has 2 bridgehead atoms. The van der Waals surface area contributed by atoms with Gasteiger partial charge in [0.05, 0.1) is 0 Å². The molecule has 3 heterocycles. The van der Waals surface area contributed by atoms with Gasteiger partial charge in [-0.25, -0.2) is 24.5 Å². The highest BCUT2D eigenvalue weighted by molar-refractivity contribution is 5.94. The van der Waals surface area contributed by atoms with Crippen LogP contribution in [0.1, 0.15) is 23.5 Å². The largest absolute Gasteiger partial charge is 0.449 e. The highest BCUT2D eigenvalue weighted by Crippen LogP contribution is 2.42. The number of fused-ring (bicyclic) bond motifs is 4. The number of rotatable bonds is 0. The minimum atomic E-state index is -1.16. The Labute approximate surface area is 146 Å². The van der Waals surface area contributed by atoms with Gasteiger partial charge >= 0.3 is 23.9 Å². The highest BCUT2D eigenvalue weighted by atomic mass is 16.6. The first-order valence-corrected chi connectivity index (χ1v) is 7.60. The maximum absolute atomic E-state index is 12.0. The second-order valence-corrected chi connectivity index (χ2v) is 5.55. The van der Waals surface area contributed by atoms with E-state index in [1.54, 1.807) is 12.1 Å². The molecule has 1 aromatic carbocycles. The van der Waals surface area contributed by atoms with Gasteiger partial charge in [0, 0.05) is 35.4 Å². The molecule has 0 aliphatic carbocycles. The van der Waals surface area contributed by atoms with E-state index in [2.05, 4.69) is 5.32 Å². The highest BCUT2D eigenvalue weighted by Gasteiger charge is 2.43. The second kappa shape index (κ2) is 6.12. The third kappa shape index (κ3) is 2.84. The molecule has 0 spiro atoms. The van der Waals surface area contributed by atoms with Crippen LogP contribution in [0.15, 0.2) is 42.5 Å². The van der Waals surface area contributed by atoms with Crippen LogP contribution in [0.25, 0.3) is 0 Å². The zero-order valence-electron chi connectivity index (χ0n) is 13.0. The molecule has 0 saturated heterocycles. The van der Waals surface area contributed by atoms with E-state index in [0.29, 0.717) is 5.56 Å². The van der Waals surface area contributed by atoms with Crippen molar-refractivity contribution >= 4 is 23.9 Å². The normalized spacial score (nSPS) is 29.6. The number of hydrogen-bond donors (Lipinski definition) is 1. The van der Waals surface area contributed by atoms with Crippen LogP contribution in [0.2, 0.25) is 0 Å². The molecular weight excluding hydrogens is 346 g/mol. The number of carbonyl (C=O) groups excluding carboxylic acids is 4. The Balaban J connectivity index is 1.89. The zero-order chi connectivity index (χ0) is 18.3. The predicted octanol–water partition coefficient (Wildman–Crippen LogP) is 0.330. The number of esters is 4. The van der Waals surface area contributed by atoms with Crippen LogP contribution in [0.4, 0.5) is 0 Å². The van der Waals surface area contributed by atoms with Gasteiger partial charge in [0.1, 0.15) is 5.75 Å². The second-order valence-electron chi connectivity index (χ2n) is 5.55. The SMILES string of the molecule is O=C1/C=C\C(=O)OC2c3c(cccc3C3NC2OC(=O)/C=C\C(=O)O3)O1. The molecule has 0 aromatic heterocycles. The van der Waals surface area contributed by atoms with Gasteiger partial charge in [-0.05, 0) is 6.07 Å².